The summed E-state index contributed by atoms with van der Waals surface area (Å²) in [6, 6.07) is 63.9. The first kappa shape index (κ1) is 36.2. The van der Waals surface area contributed by atoms with E-state index in [4.69, 9.17) is 4.42 Å². The number of nitrogens with zero attached hydrogens (tertiary/aromatic N) is 2. The molecule has 2 aromatic heterocycles. The molecule has 1 aliphatic carbocycles. The first-order valence-corrected chi connectivity index (χ1v) is 20.9. The molecule has 10 aromatic rings. The van der Waals surface area contributed by atoms with Crippen LogP contribution in [-0.4, -0.2) is 4.57 Å². The SMILES string of the molecule is C=C/C=C\C=C\c1ccc(N(c2ccc(C3C=CC=CC3n3c4ccccc4c4ccccc43)cc2)c2ccccc2-c2ccc3oc4cc5ccccc5cc4c3c2)cc1. The van der Waals surface area contributed by atoms with E-state index < -0.39 is 0 Å². The molecule has 0 spiro atoms. The minimum Gasteiger partial charge on any atom is -0.456 e. The summed E-state index contributed by atoms with van der Waals surface area (Å²) < 4.78 is 8.94. The highest BCUT2D eigenvalue weighted by Crippen LogP contribution is 2.45. The lowest BCUT2D eigenvalue weighted by atomic mass is 9.87. The van der Waals surface area contributed by atoms with Crippen LogP contribution >= 0.6 is 0 Å². The fraction of sp³-hybridized carbons (Fsp3) is 0.0345. The van der Waals surface area contributed by atoms with Gasteiger partial charge in [-0.15, -0.1) is 0 Å². The minimum absolute atomic E-state index is 0.117. The van der Waals surface area contributed by atoms with E-state index in [1.807, 2.05) is 18.2 Å². The van der Waals surface area contributed by atoms with Crippen molar-refractivity contribution in [2.24, 2.45) is 0 Å². The fourth-order valence-corrected chi connectivity index (χ4v) is 9.28. The van der Waals surface area contributed by atoms with Gasteiger partial charge in [-0.2, -0.15) is 0 Å². The summed E-state index contributed by atoms with van der Waals surface area (Å²) in [5, 5.41) is 7.18. The van der Waals surface area contributed by atoms with Gasteiger partial charge in [-0.05, 0) is 94.2 Å². The number of anilines is 3. The van der Waals surface area contributed by atoms with E-state index >= 15 is 0 Å². The maximum atomic E-state index is 6.42. The molecular weight excluding hydrogens is 741 g/mol. The summed E-state index contributed by atoms with van der Waals surface area (Å²) >= 11 is 0. The van der Waals surface area contributed by atoms with Gasteiger partial charge in [0.1, 0.15) is 11.2 Å². The summed E-state index contributed by atoms with van der Waals surface area (Å²) in [4.78, 5) is 2.39. The Morgan fingerprint density at radius 1 is 0.525 bits per heavy atom. The molecule has 2 unspecified atom stereocenters. The van der Waals surface area contributed by atoms with Crippen molar-refractivity contribution < 1.29 is 4.42 Å². The van der Waals surface area contributed by atoms with Gasteiger partial charge in [-0.25, -0.2) is 0 Å². The van der Waals surface area contributed by atoms with Gasteiger partial charge in [0.15, 0.2) is 0 Å². The standard InChI is InChI=1S/C58H42N2O/c1-2-3-4-5-16-40-27-32-45(33-28-40)59(53-23-12-9-20-48(53)44-31-36-57-51(38-44)52-37-42-17-6-7-18-43(42)39-58(52)61-57)46-34-29-41(30-35-46)47-19-8-13-24-54(47)60-55-25-14-10-21-49(55)50-22-11-15-26-56(50)60/h2-39,47,54H,1H2/b4-3-,16-5+. The Kier molecular flexibility index (Phi) is 9.13. The van der Waals surface area contributed by atoms with E-state index in [1.54, 1.807) is 6.08 Å². The van der Waals surface area contributed by atoms with Crippen LogP contribution in [0.25, 0.3) is 71.7 Å². The molecule has 8 aromatic carbocycles. The van der Waals surface area contributed by atoms with Gasteiger partial charge in [0, 0.05) is 55.4 Å². The van der Waals surface area contributed by atoms with E-state index in [2.05, 4.69) is 222 Å². The summed E-state index contributed by atoms with van der Waals surface area (Å²) in [5.74, 6) is 0.147. The van der Waals surface area contributed by atoms with Crippen LogP contribution in [0.5, 0.6) is 0 Å². The number of hydrogen-bond acceptors (Lipinski definition) is 2. The number of rotatable bonds is 9. The first-order valence-electron chi connectivity index (χ1n) is 20.9. The highest BCUT2D eigenvalue weighted by Gasteiger charge is 2.26. The van der Waals surface area contributed by atoms with E-state index in [9.17, 15) is 0 Å². The number of furan rings is 1. The highest BCUT2D eigenvalue weighted by molar-refractivity contribution is 6.11. The van der Waals surface area contributed by atoms with Crippen LogP contribution in [0.1, 0.15) is 23.1 Å². The summed E-state index contributed by atoms with van der Waals surface area (Å²) in [6.45, 7) is 3.79. The van der Waals surface area contributed by atoms with Gasteiger partial charge in [-0.1, -0.05) is 170 Å². The second kappa shape index (κ2) is 15.4. The van der Waals surface area contributed by atoms with Gasteiger partial charge in [0.05, 0.1) is 11.7 Å². The Morgan fingerprint density at radius 2 is 1.16 bits per heavy atom. The van der Waals surface area contributed by atoms with Gasteiger partial charge in [-0.3, -0.25) is 0 Å². The van der Waals surface area contributed by atoms with Crippen molar-refractivity contribution in [3.8, 4) is 11.1 Å². The molecule has 1 aliphatic rings. The zero-order valence-corrected chi connectivity index (χ0v) is 33.6. The molecule has 3 heteroatoms. The van der Waals surface area contributed by atoms with Crippen LogP contribution in [0.15, 0.2) is 236 Å². The Hall–Kier alpha value is -7.88. The molecule has 0 bridgehead atoms. The Morgan fingerprint density at radius 3 is 1.92 bits per heavy atom. The minimum atomic E-state index is 0.117. The lowest BCUT2D eigenvalue weighted by molar-refractivity contribution is 0.576. The number of fused-ring (bicyclic) bond motifs is 7. The van der Waals surface area contributed by atoms with Gasteiger partial charge in [0.25, 0.3) is 0 Å². The average molecular weight is 783 g/mol. The molecule has 0 fully saturated rings. The van der Waals surface area contributed by atoms with Crippen molar-refractivity contribution in [2.45, 2.75) is 12.0 Å². The van der Waals surface area contributed by atoms with Crippen molar-refractivity contribution in [1.82, 2.24) is 4.57 Å². The molecule has 0 saturated carbocycles. The van der Waals surface area contributed by atoms with Crippen LogP contribution in [0, 0.1) is 0 Å². The monoisotopic (exact) mass is 782 g/mol. The highest BCUT2D eigenvalue weighted by atomic mass is 16.3. The lowest BCUT2D eigenvalue weighted by Crippen LogP contribution is -2.17. The predicted octanol–water partition coefficient (Wildman–Crippen LogP) is 16.2. The lowest BCUT2D eigenvalue weighted by Gasteiger charge is -2.30. The van der Waals surface area contributed by atoms with Crippen molar-refractivity contribution in [3.63, 3.8) is 0 Å². The molecule has 3 nitrogen and oxygen atoms in total. The summed E-state index contributed by atoms with van der Waals surface area (Å²) in [6.07, 6.45) is 19.0. The number of hydrogen-bond donors (Lipinski definition) is 0. The van der Waals surface area contributed by atoms with E-state index in [-0.39, 0.29) is 12.0 Å². The fourth-order valence-electron chi connectivity index (χ4n) is 9.28. The Labute approximate surface area is 355 Å². The molecule has 0 amide bonds. The van der Waals surface area contributed by atoms with Crippen LogP contribution in [-0.2, 0) is 0 Å². The molecule has 61 heavy (non-hydrogen) atoms. The van der Waals surface area contributed by atoms with Crippen molar-refractivity contribution in [3.05, 3.63) is 242 Å². The van der Waals surface area contributed by atoms with Gasteiger partial charge in [0.2, 0.25) is 0 Å². The number of aromatic nitrogens is 1. The van der Waals surface area contributed by atoms with Gasteiger partial charge >= 0.3 is 0 Å². The zero-order chi connectivity index (χ0) is 40.7. The molecule has 0 saturated heterocycles. The van der Waals surface area contributed by atoms with Gasteiger partial charge < -0.3 is 13.9 Å². The largest absolute Gasteiger partial charge is 0.456 e. The number of allylic oxidation sites excluding steroid dienone is 8. The molecule has 2 heterocycles. The Bertz CT molecular complexity index is 3340. The molecule has 290 valence electrons. The van der Waals surface area contributed by atoms with Crippen LogP contribution < -0.4 is 4.90 Å². The second-order valence-electron chi connectivity index (χ2n) is 15.7. The molecule has 2 atom stereocenters. The number of benzene rings is 8. The molecule has 0 radical (unpaired) electrons. The summed E-state index contributed by atoms with van der Waals surface area (Å²) in [7, 11) is 0. The Balaban J connectivity index is 1.02. The van der Waals surface area contributed by atoms with E-state index in [0.717, 1.165) is 55.7 Å². The molecule has 0 N–H and O–H groups in total. The molecule has 0 aliphatic heterocycles. The third-order valence-corrected chi connectivity index (χ3v) is 12.1. The van der Waals surface area contributed by atoms with Crippen molar-refractivity contribution in [1.29, 1.82) is 0 Å². The number of para-hydroxylation sites is 3. The topological polar surface area (TPSA) is 21.3 Å². The van der Waals surface area contributed by atoms with E-state index in [0.29, 0.717) is 0 Å². The maximum absolute atomic E-state index is 6.42. The maximum Gasteiger partial charge on any atom is 0.136 e. The quantitative estimate of drug-likeness (QED) is 0.136. The summed E-state index contributed by atoms with van der Waals surface area (Å²) in [5.41, 5.74) is 12.2. The van der Waals surface area contributed by atoms with E-state index in [1.165, 1.54) is 38.1 Å². The van der Waals surface area contributed by atoms with Crippen LogP contribution in [0.3, 0.4) is 0 Å². The van der Waals surface area contributed by atoms with Crippen LogP contribution in [0.2, 0.25) is 0 Å². The third-order valence-electron chi connectivity index (χ3n) is 12.1. The molecular formula is C58H42N2O. The third kappa shape index (κ3) is 6.48. The van der Waals surface area contributed by atoms with Crippen molar-refractivity contribution >= 4 is 77.7 Å². The predicted molar refractivity (Wildman–Crippen MR) is 259 cm³/mol. The average Bonchev–Trinajstić information content (AvgIpc) is 3.85. The van der Waals surface area contributed by atoms with Crippen LogP contribution in [0.4, 0.5) is 17.1 Å². The normalized spacial score (nSPS) is 15.3. The smallest absolute Gasteiger partial charge is 0.136 e. The van der Waals surface area contributed by atoms with Crippen molar-refractivity contribution in [2.75, 3.05) is 4.90 Å². The first-order chi connectivity index (χ1) is 30.2. The zero-order valence-electron chi connectivity index (χ0n) is 33.6. The second-order valence-corrected chi connectivity index (χ2v) is 15.7. The molecule has 11 rings (SSSR count).